The summed E-state index contributed by atoms with van der Waals surface area (Å²) in [6, 6.07) is 10.8. The molecule has 0 saturated carbocycles. The van der Waals surface area contributed by atoms with Gasteiger partial charge in [0, 0.05) is 28.4 Å². The lowest BCUT2D eigenvalue weighted by Crippen LogP contribution is -2.40. The summed E-state index contributed by atoms with van der Waals surface area (Å²) in [4.78, 5) is 13.7. The average molecular weight is 420 g/mol. The number of benzene rings is 1. The van der Waals surface area contributed by atoms with E-state index in [1.165, 1.54) is 16.0 Å². The molecule has 2 unspecified atom stereocenters. The number of carbonyl (C=O) groups is 1. The predicted molar refractivity (Wildman–Crippen MR) is 117 cm³/mol. The molecule has 0 fully saturated rings. The summed E-state index contributed by atoms with van der Waals surface area (Å²) in [5, 5.41) is 6.75. The van der Waals surface area contributed by atoms with E-state index in [1.807, 2.05) is 44.2 Å². The van der Waals surface area contributed by atoms with Crippen LogP contribution in [0, 0.1) is 5.41 Å². The van der Waals surface area contributed by atoms with Crippen LogP contribution in [-0.4, -0.2) is 18.6 Å². The van der Waals surface area contributed by atoms with Gasteiger partial charge in [-0.2, -0.15) is 0 Å². The molecular formula is C23H30ClNO2S. The first-order chi connectivity index (χ1) is 13.4. The van der Waals surface area contributed by atoms with Crippen LogP contribution in [0.5, 0.6) is 0 Å². The maximum absolute atomic E-state index is 12.2. The molecule has 2 heterocycles. The van der Waals surface area contributed by atoms with Crippen LogP contribution in [0.3, 0.4) is 0 Å². The van der Waals surface area contributed by atoms with Crippen LogP contribution in [0.15, 0.2) is 35.7 Å². The highest BCUT2D eigenvalue weighted by Crippen LogP contribution is 2.37. The second-order valence-corrected chi connectivity index (χ2v) is 9.59. The van der Waals surface area contributed by atoms with Crippen molar-refractivity contribution in [1.82, 2.24) is 5.32 Å². The van der Waals surface area contributed by atoms with E-state index in [2.05, 4.69) is 28.9 Å². The van der Waals surface area contributed by atoms with Gasteiger partial charge in [-0.1, -0.05) is 36.2 Å². The van der Waals surface area contributed by atoms with Crippen molar-refractivity contribution < 1.29 is 9.53 Å². The summed E-state index contributed by atoms with van der Waals surface area (Å²) in [7, 11) is 0. The molecule has 1 aliphatic heterocycles. The molecule has 0 spiro atoms. The molecule has 0 saturated heterocycles. The molecule has 5 heteroatoms. The minimum absolute atomic E-state index is 0.108. The van der Waals surface area contributed by atoms with Gasteiger partial charge >= 0.3 is 5.97 Å². The summed E-state index contributed by atoms with van der Waals surface area (Å²) >= 11 is 8.41. The first-order valence-electron chi connectivity index (χ1n) is 10.1. The lowest BCUT2D eigenvalue weighted by Gasteiger charge is -2.33. The van der Waals surface area contributed by atoms with Crippen LogP contribution < -0.4 is 5.32 Å². The van der Waals surface area contributed by atoms with Crippen molar-refractivity contribution in [3.05, 3.63) is 56.7 Å². The Labute approximate surface area is 177 Å². The Kier molecular flexibility index (Phi) is 7.19. The molecule has 1 aromatic heterocycles. The van der Waals surface area contributed by atoms with Gasteiger partial charge in [-0.05, 0) is 68.7 Å². The van der Waals surface area contributed by atoms with Crippen molar-refractivity contribution >= 4 is 28.9 Å². The number of ether oxygens (including phenoxy) is 1. The van der Waals surface area contributed by atoms with Crippen molar-refractivity contribution in [2.24, 2.45) is 5.41 Å². The highest BCUT2D eigenvalue weighted by molar-refractivity contribution is 7.10. The summed E-state index contributed by atoms with van der Waals surface area (Å²) in [6.07, 6.45) is 3.78. The minimum Gasteiger partial charge on any atom is -0.466 e. The Morgan fingerprint density at radius 1 is 1.36 bits per heavy atom. The molecule has 28 heavy (non-hydrogen) atoms. The third-order valence-corrected chi connectivity index (χ3v) is 7.05. The van der Waals surface area contributed by atoms with Crippen LogP contribution >= 0.6 is 22.9 Å². The zero-order valence-electron chi connectivity index (χ0n) is 17.0. The highest BCUT2D eigenvalue weighted by Gasteiger charge is 2.32. The van der Waals surface area contributed by atoms with Crippen molar-refractivity contribution in [3.8, 4) is 0 Å². The molecule has 0 aliphatic carbocycles. The fourth-order valence-corrected chi connectivity index (χ4v) is 5.20. The summed E-state index contributed by atoms with van der Waals surface area (Å²) in [5.41, 5.74) is 2.20. The molecule has 1 aromatic carbocycles. The third kappa shape index (κ3) is 4.97. The number of esters is 1. The van der Waals surface area contributed by atoms with Gasteiger partial charge in [-0.15, -0.1) is 11.3 Å². The second kappa shape index (κ2) is 9.43. The molecule has 2 atom stereocenters. The predicted octanol–water partition coefficient (Wildman–Crippen LogP) is 5.96. The van der Waals surface area contributed by atoms with Crippen LogP contribution in [-0.2, 0) is 22.5 Å². The SMILES string of the molecule is CCOC(=O)C(C)(C)CCCC(c1ccccc1Cl)C1Cc2ccsc2CN1. The van der Waals surface area contributed by atoms with Crippen molar-refractivity contribution in [3.63, 3.8) is 0 Å². The summed E-state index contributed by atoms with van der Waals surface area (Å²) < 4.78 is 5.24. The number of halogens is 1. The molecule has 0 bridgehead atoms. The number of nitrogens with one attached hydrogen (secondary N) is 1. The zero-order chi connectivity index (χ0) is 20.1. The first-order valence-corrected chi connectivity index (χ1v) is 11.4. The van der Waals surface area contributed by atoms with Crippen molar-refractivity contribution in [2.45, 2.75) is 65.0 Å². The normalized spacial score (nSPS) is 17.8. The highest BCUT2D eigenvalue weighted by atomic mass is 35.5. The van der Waals surface area contributed by atoms with Gasteiger partial charge in [0.25, 0.3) is 0 Å². The lowest BCUT2D eigenvalue weighted by atomic mass is 9.80. The number of rotatable bonds is 8. The van der Waals surface area contributed by atoms with Gasteiger partial charge in [0.15, 0.2) is 0 Å². The zero-order valence-corrected chi connectivity index (χ0v) is 18.5. The molecule has 0 amide bonds. The quantitative estimate of drug-likeness (QED) is 0.536. The van der Waals surface area contributed by atoms with E-state index >= 15 is 0 Å². The minimum atomic E-state index is -0.457. The van der Waals surface area contributed by atoms with E-state index in [0.717, 1.165) is 37.3 Å². The topological polar surface area (TPSA) is 38.3 Å². The van der Waals surface area contributed by atoms with Crippen LogP contribution in [0.25, 0.3) is 0 Å². The standard InChI is InChI=1S/C23H30ClNO2S/c1-4-27-22(26)23(2,3)12-7-9-18(17-8-5-6-10-19(17)24)20-14-16-11-13-28-21(16)15-25-20/h5-6,8,10-11,13,18,20,25H,4,7,9,12,14-15H2,1-3H3. The lowest BCUT2D eigenvalue weighted by molar-refractivity contribution is -0.153. The van der Waals surface area contributed by atoms with Crippen LogP contribution in [0.4, 0.5) is 0 Å². The molecule has 3 rings (SSSR count). The van der Waals surface area contributed by atoms with Crippen LogP contribution in [0.1, 0.15) is 62.0 Å². The number of hydrogen-bond acceptors (Lipinski definition) is 4. The van der Waals surface area contributed by atoms with Gasteiger partial charge in [0.1, 0.15) is 0 Å². The monoisotopic (exact) mass is 419 g/mol. The van der Waals surface area contributed by atoms with E-state index in [-0.39, 0.29) is 5.97 Å². The smallest absolute Gasteiger partial charge is 0.311 e. The summed E-state index contributed by atoms with van der Waals surface area (Å²) in [6.45, 7) is 7.17. The maximum Gasteiger partial charge on any atom is 0.311 e. The molecule has 152 valence electrons. The summed E-state index contributed by atoms with van der Waals surface area (Å²) in [5.74, 6) is 0.211. The van der Waals surface area contributed by atoms with Gasteiger partial charge in [-0.3, -0.25) is 4.79 Å². The number of fused-ring (bicyclic) bond motifs is 1. The third-order valence-electron chi connectivity index (χ3n) is 5.74. The molecular weight excluding hydrogens is 390 g/mol. The number of carbonyl (C=O) groups excluding carboxylic acids is 1. The van der Waals surface area contributed by atoms with Crippen LogP contribution in [0.2, 0.25) is 5.02 Å². The van der Waals surface area contributed by atoms with Crippen molar-refractivity contribution in [1.29, 1.82) is 0 Å². The van der Waals surface area contributed by atoms with Gasteiger partial charge in [-0.25, -0.2) is 0 Å². The molecule has 0 radical (unpaired) electrons. The largest absolute Gasteiger partial charge is 0.466 e. The van der Waals surface area contributed by atoms with E-state index in [1.54, 1.807) is 0 Å². The number of hydrogen-bond donors (Lipinski definition) is 1. The van der Waals surface area contributed by atoms with E-state index < -0.39 is 5.41 Å². The fourth-order valence-electron chi connectivity index (χ4n) is 4.06. The Bertz CT molecular complexity index is 801. The van der Waals surface area contributed by atoms with Gasteiger partial charge in [0.2, 0.25) is 0 Å². The maximum atomic E-state index is 12.2. The Morgan fingerprint density at radius 3 is 2.89 bits per heavy atom. The molecule has 1 N–H and O–H groups in total. The van der Waals surface area contributed by atoms with E-state index in [9.17, 15) is 4.79 Å². The first kappa shape index (κ1) is 21.4. The van der Waals surface area contributed by atoms with E-state index in [4.69, 9.17) is 16.3 Å². The molecule has 3 nitrogen and oxygen atoms in total. The Morgan fingerprint density at radius 2 is 2.14 bits per heavy atom. The van der Waals surface area contributed by atoms with E-state index in [0.29, 0.717) is 18.6 Å². The Balaban J connectivity index is 1.73. The fraction of sp³-hybridized carbons (Fsp3) is 0.522. The Hall–Kier alpha value is -1.36. The van der Waals surface area contributed by atoms with Crippen molar-refractivity contribution in [2.75, 3.05) is 6.61 Å². The number of thiophene rings is 1. The molecule has 1 aliphatic rings. The average Bonchev–Trinajstić information content (AvgIpc) is 3.14. The van der Waals surface area contributed by atoms with Gasteiger partial charge in [0.05, 0.1) is 12.0 Å². The second-order valence-electron chi connectivity index (χ2n) is 8.19. The molecule has 2 aromatic rings. The van der Waals surface area contributed by atoms with Gasteiger partial charge < -0.3 is 10.1 Å².